The molecule has 0 aliphatic rings. The van der Waals surface area contributed by atoms with Crippen molar-refractivity contribution in [1.29, 1.82) is 0 Å². The zero-order valence-corrected chi connectivity index (χ0v) is 12.6. The Hall–Kier alpha value is -1.74. The number of rotatable bonds is 3. The van der Waals surface area contributed by atoms with Crippen molar-refractivity contribution in [3.05, 3.63) is 82.1 Å². The Morgan fingerprint density at radius 1 is 0.905 bits per heavy atom. The summed E-state index contributed by atoms with van der Waals surface area (Å²) >= 11 is 12.0. The van der Waals surface area contributed by atoms with Gasteiger partial charge < -0.3 is 10.1 Å². The molecule has 0 fully saturated rings. The molecule has 0 bridgehead atoms. The number of H-pyrrole nitrogens is 1. The fourth-order valence-electron chi connectivity index (χ4n) is 2.33. The molecule has 0 aliphatic heterocycles. The Morgan fingerprint density at radius 3 is 2.38 bits per heavy atom. The Morgan fingerprint density at radius 2 is 1.67 bits per heavy atom. The van der Waals surface area contributed by atoms with Gasteiger partial charge in [0, 0.05) is 23.5 Å². The van der Waals surface area contributed by atoms with Gasteiger partial charge in [-0.25, -0.2) is 0 Å². The number of hydrogen-bond acceptors (Lipinski definition) is 1. The van der Waals surface area contributed by atoms with Gasteiger partial charge in [0.05, 0.1) is 10.0 Å². The predicted octanol–water partition coefficient (Wildman–Crippen LogP) is 5.07. The molecule has 1 heterocycles. The average molecular weight is 318 g/mol. The summed E-state index contributed by atoms with van der Waals surface area (Å²) in [5.41, 5.74) is 3.47. The number of benzene rings is 2. The van der Waals surface area contributed by atoms with Gasteiger partial charge in [-0.05, 0) is 23.3 Å². The first-order valence-electron chi connectivity index (χ1n) is 6.52. The summed E-state index contributed by atoms with van der Waals surface area (Å²) in [7, 11) is 0. The fourth-order valence-corrected chi connectivity index (χ4v) is 2.63. The van der Waals surface area contributed by atoms with Crippen LogP contribution in [0.1, 0.15) is 17.2 Å². The van der Waals surface area contributed by atoms with Crippen LogP contribution in [-0.2, 0) is 0 Å². The largest absolute Gasteiger partial charge is 0.384 e. The molecule has 106 valence electrons. The van der Waals surface area contributed by atoms with Crippen LogP contribution in [0.4, 0.5) is 0 Å². The first kappa shape index (κ1) is 14.2. The quantitative estimate of drug-likeness (QED) is 0.695. The highest BCUT2D eigenvalue weighted by Gasteiger charge is 2.16. The van der Waals surface area contributed by atoms with Crippen LogP contribution in [-0.4, -0.2) is 10.1 Å². The van der Waals surface area contributed by atoms with E-state index >= 15 is 0 Å². The lowest BCUT2D eigenvalue weighted by Crippen LogP contribution is -1.99. The topological polar surface area (TPSA) is 36.0 Å². The van der Waals surface area contributed by atoms with Gasteiger partial charge in [-0.3, -0.25) is 0 Å². The third-order valence-electron chi connectivity index (χ3n) is 3.42. The molecule has 3 rings (SSSR count). The normalized spacial score (nSPS) is 12.3. The molecule has 2 nitrogen and oxygen atoms in total. The molecule has 0 saturated heterocycles. The van der Waals surface area contributed by atoms with Crippen molar-refractivity contribution in [3.63, 3.8) is 0 Å². The van der Waals surface area contributed by atoms with E-state index in [1.165, 1.54) is 0 Å². The molecule has 2 N–H and O–H groups in total. The molecule has 1 aromatic heterocycles. The van der Waals surface area contributed by atoms with Crippen LogP contribution >= 0.6 is 23.2 Å². The molecule has 4 heteroatoms. The van der Waals surface area contributed by atoms with Crippen LogP contribution in [0.5, 0.6) is 0 Å². The van der Waals surface area contributed by atoms with Gasteiger partial charge in [0.25, 0.3) is 0 Å². The molecule has 3 aromatic rings. The van der Waals surface area contributed by atoms with Gasteiger partial charge in [-0.2, -0.15) is 0 Å². The SMILES string of the molecule is O[C@@H](c1ccccc1)c1c[nH]cc1-c1ccc(Cl)c(Cl)c1. The second-order valence-corrected chi connectivity index (χ2v) is 5.58. The molecule has 0 amide bonds. The highest BCUT2D eigenvalue weighted by Crippen LogP contribution is 2.34. The van der Waals surface area contributed by atoms with Gasteiger partial charge in [0.15, 0.2) is 0 Å². The molecule has 0 spiro atoms. The monoisotopic (exact) mass is 317 g/mol. The lowest BCUT2D eigenvalue weighted by Gasteiger charge is -2.12. The van der Waals surface area contributed by atoms with Crippen LogP contribution in [0.15, 0.2) is 60.9 Å². The number of nitrogens with one attached hydrogen (secondary N) is 1. The maximum atomic E-state index is 10.6. The Bertz CT molecular complexity index is 752. The number of aromatic amines is 1. The van der Waals surface area contributed by atoms with E-state index in [-0.39, 0.29) is 0 Å². The smallest absolute Gasteiger partial charge is 0.106 e. The molecule has 21 heavy (non-hydrogen) atoms. The Labute approximate surface area is 133 Å². The van der Waals surface area contributed by atoms with Crippen LogP contribution in [0.25, 0.3) is 11.1 Å². The third kappa shape index (κ3) is 2.84. The van der Waals surface area contributed by atoms with Crippen molar-refractivity contribution in [2.24, 2.45) is 0 Å². The minimum absolute atomic E-state index is 0.496. The number of halogens is 2. The second-order valence-electron chi connectivity index (χ2n) is 4.77. The van der Waals surface area contributed by atoms with Crippen molar-refractivity contribution in [2.75, 3.05) is 0 Å². The summed E-state index contributed by atoms with van der Waals surface area (Å²) < 4.78 is 0. The maximum absolute atomic E-state index is 10.6. The van der Waals surface area contributed by atoms with E-state index in [0.29, 0.717) is 10.0 Å². The Kier molecular flexibility index (Phi) is 4.02. The lowest BCUT2D eigenvalue weighted by molar-refractivity contribution is 0.221. The minimum Gasteiger partial charge on any atom is -0.384 e. The number of aliphatic hydroxyl groups is 1. The number of aliphatic hydroxyl groups excluding tert-OH is 1. The van der Waals surface area contributed by atoms with Gasteiger partial charge in [0.1, 0.15) is 6.10 Å². The van der Waals surface area contributed by atoms with Crippen molar-refractivity contribution in [1.82, 2.24) is 4.98 Å². The summed E-state index contributed by atoms with van der Waals surface area (Å²) in [5.74, 6) is 0. The van der Waals surface area contributed by atoms with Crippen LogP contribution in [0.3, 0.4) is 0 Å². The molecule has 1 atom stereocenters. The summed E-state index contributed by atoms with van der Waals surface area (Å²) in [6.45, 7) is 0. The zero-order chi connectivity index (χ0) is 14.8. The average Bonchev–Trinajstić information content (AvgIpc) is 2.99. The third-order valence-corrected chi connectivity index (χ3v) is 4.16. The summed E-state index contributed by atoms with van der Waals surface area (Å²) in [5, 5.41) is 11.6. The minimum atomic E-state index is -0.693. The maximum Gasteiger partial charge on any atom is 0.106 e. The zero-order valence-electron chi connectivity index (χ0n) is 11.1. The summed E-state index contributed by atoms with van der Waals surface area (Å²) in [6, 6.07) is 15.0. The molecule has 0 unspecified atom stereocenters. The van der Waals surface area contributed by atoms with Crippen LogP contribution < -0.4 is 0 Å². The van der Waals surface area contributed by atoms with E-state index in [1.54, 1.807) is 18.3 Å². The van der Waals surface area contributed by atoms with Gasteiger partial charge in [-0.15, -0.1) is 0 Å². The summed E-state index contributed by atoms with van der Waals surface area (Å²) in [4.78, 5) is 3.05. The van der Waals surface area contributed by atoms with Crippen molar-refractivity contribution in [3.8, 4) is 11.1 Å². The number of hydrogen-bond donors (Lipinski definition) is 2. The van der Waals surface area contributed by atoms with Gasteiger partial charge in [0.2, 0.25) is 0 Å². The molecular formula is C17H13Cl2NO. The van der Waals surface area contributed by atoms with Crippen LogP contribution in [0.2, 0.25) is 10.0 Å². The highest BCUT2D eigenvalue weighted by atomic mass is 35.5. The molecule has 0 radical (unpaired) electrons. The van der Waals surface area contributed by atoms with E-state index in [9.17, 15) is 5.11 Å². The Balaban J connectivity index is 2.03. The van der Waals surface area contributed by atoms with Crippen molar-refractivity contribution >= 4 is 23.2 Å². The van der Waals surface area contributed by atoms with Gasteiger partial charge in [-0.1, -0.05) is 59.6 Å². The van der Waals surface area contributed by atoms with E-state index < -0.39 is 6.10 Å². The first-order chi connectivity index (χ1) is 10.2. The molecular weight excluding hydrogens is 305 g/mol. The fraction of sp³-hybridized carbons (Fsp3) is 0.0588. The van der Waals surface area contributed by atoms with E-state index in [1.807, 2.05) is 42.6 Å². The highest BCUT2D eigenvalue weighted by molar-refractivity contribution is 6.42. The first-order valence-corrected chi connectivity index (χ1v) is 7.27. The molecule has 0 aliphatic carbocycles. The van der Waals surface area contributed by atoms with E-state index in [4.69, 9.17) is 23.2 Å². The second kappa shape index (κ2) is 5.94. The summed E-state index contributed by atoms with van der Waals surface area (Å²) in [6.07, 6.45) is 2.96. The molecule has 0 saturated carbocycles. The van der Waals surface area contributed by atoms with Gasteiger partial charge >= 0.3 is 0 Å². The number of aromatic nitrogens is 1. The lowest BCUT2D eigenvalue weighted by atomic mass is 9.97. The van der Waals surface area contributed by atoms with Crippen molar-refractivity contribution in [2.45, 2.75) is 6.10 Å². The van der Waals surface area contributed by atoms with Crippen molar-refractivity contribution < 1.29 is 5.11 Å². The van der Waals surface area contributed by atoms with Crippen LogP contribution in [0, 0.1) is 0 Å². The van der Waals surface area contributed by atoms with E-state index in [2.05, 4.69) is 4.98 Å². The predicted molar refractivity (Wildman–Crippen MR) is 86.8 cm³/mol. The standard InChI is InChI=1S/C17H13Cl2NO/c18-15-7-6-12(8-16(15)19)13-9-20-10-14(13)17(21)11-4-2-1-3-5-11/h1-10,17,20-21H/t17-/m0/s1. The van der Waals surface area contributed by atoms with E-state index in [0.717, 1.165) is 22.3 Å². The molecule has 2 aromatic carbocycles.